The molecule has 0 saturated heterocycles. The highest BCUT2D eigenvalue weighted by Gasteiger charge is 2.26. The number of nitrogens with one attached hydrogen (secondary N) is 2. The number of hydrogen-bond acceptors (Lipinski definition) is 3. The number of amides is 2. The van der Waals surface area contributed by atoms with Crippen molar-refractivity contribution < 1.29 is 9.59 Å². The van der Waals surface area contributed by atoms with Crippen LogP contribution in [-0.4, -0.2) is 27.6 Å². The topological polar surface area (TPSA) is 76.0 Å². The number of anilines is 1. The molecule has 1 heterocycles. The second kappa shape index (κ2) is 7.58. The molecule has 2 rings (SSSR count). The first kappa shape index (κ1) is 16.7. The van der Waals surface area contributed by atoms with Gasteiger partial charge in [-0.25, -0.2) is 0 Å². The highest BCUT2D eigenvalue weighted by Crippen LogP contribution is 2.12. The van der Waals surface area contributed by atoms with Crippen LogP contribution >= 0.6 is 0 Å². The number of benzene rings is 1. The van der Waals surface area contributed by atoms with Crippen molar-refractivity contribution in [2.45, 2.75) is 26.3 Å². The van der Waals surface area contributed by atoms with E-state index in [4.69, 9.17) is 0 Å². The van der Waals surface area contributed by atoms with Crippen LogP contribution in [0.1, 0.15) is 30.6 Å². The van der Waals surface area contributed by atoms with Crippen LogP contribution in [0.3, 0.4) is 0 Å². The molecule has 0 bridgehead atoms. The number of aromatic nitrogens is 2. The molecule has 1 aromatic heterocycles. The Balaban J connectivity index is 2.10. The first-order chi connectivity index (χ1) is 11.0. The van der Waals surface area contributed by atoms with E-state index < -0.39 is 6.04 Å². The van der Waals surface area contributed by atoms with E-state index in [1.807, 2.05) is 19.9 Å². The predicted molar refractivity (Wildman–Crippen MR) is 89.0 cm³/mol. The van der Waals surface area contributed by atoms with E-state index in [1.54, 1.807) is 48.3 Å². The summed E-state index contributed by atoms with van der Waals surface area (Å²) in [7, 11) is 1.78. The lowest BCUT2D eigenvalue weighted by atomic mass is 9.98. The molecular formula is C17H22N4O2. The fourth-order valence-corrected chi connectivity index (χ4v) is 2.20. The average Bonchev–Trinajstić information content (AvgIpc) is 2.97. The second-order valence-electron chi connectivity index (χ2n) is 5.57. The molecule has 6 nitrogen and oxygen atoms in total. The molecule has 0 aliphatic carbocycles. The van der Waals surface area contributed by atoms with E-state index in [9.17, 15) is 9.59 Å². The Kier molecular flexibility index (Phi) is 5.51. The summed E-state index contributed by atoms with van der Waals surface area (Å²) in [5.41, 5.74) is 0.534. The molecule has 122 valence electrons. The molecule has 2 N–H and O–H groups in total. The molecule has 2 aromatic rings. The van der Waals surface area contributed by atoms with Gasteiger partial charge in [-0.1, -0.05) is 38.5 Å². The maximum atomic E-state index is 12.5. The Morgan fingerprint density at radius 1 is 1.22 bits per heavy atom. The minimum atomic E-state index is -0.616. The zero-order valence-electron chi connectivity index (χ0n) is 13.6. The van der Waals surface area contributed by atoms with E-state index in [2.05, 4.69) is 15.7 Å². The van der Waals surface area contributed by atoms with Crippen molar-refractivity contribution in [2.75, 3.05) is 5.32 Å². The van der Waals surface area contributed by atoms with Crippen LogP contribution in [0.25, 0.3) is 0 Å². The van der Waals surface area contributed by atoms with E-state index >= 15 is 0 Å². The molecule has 6 heteroatoms. The molecule has 23 heavy (non-hydrogen) atoms. The van der Waals surface area contributed by atoms with Gasteiger partial charge in [0.15, 0.2) is 5.82 Å². The van der Waals surface area contributed by atoms with Gasteiger partial charge in [0.1, 0.15) is 6.04 Å². The summed E-state index contributed by atoms with van der Waals surface area (Å²) in [4.78, 5) is 24.8. The fraction of sp³-hybridized carbons (Fsp3) is 0.353. The van der Waals surface area contributed by atoms with Crippen LogP contribution in [0.4, 0.5) is 5.82 Å². The van der Waals surface area contributed by atoms with Crippen LogP contribution in [0.15, 0.2) is 42.6 Å². The van der Waals surface area contributed by atoms with E-state index in [0.717, 1.165) is 6.42 Å². The number of hydrogen-bond donors (Lipinski definition) is 2. The van der Waals surface area contributed by atoms with Crippen molar-refractivity contribution in [3.63, 3.8) is 0 Å². The standard InChI is InChI=1S/C17H22N4O2/c1-4-12(2)15(17(23)18-14-10-11-21(3)20-14)19-16(22)13-8-6-5-7-9-13/h5-12,15H,4H2,1-3H3,(H,19,22)(H,18,20,23). The lowest BCUT2D eigenvalue weighted by Gasteiger charge is -2.23. The highest BCUT2D eigenvalue weighted by molar-refractivity contribution is 6.00. The van der Waals surface area contributed by atoms with Gasteiger partial charge in [-0.3, -0.25) is 14.3 Å². The molecular weight excluding hydrogens is 292 g/mol. The normalized spacial score (nSPS) is 13.2. The monoisotopic (exact) mass is 314 g/mol. The van der Waals surface area contributed by atoms with Crippen LogP contribution in [0, 0.1) is 5.92 Å². The first-order valence-electron chi connectivity index (χ1n) is 7.67. The van der Waals surface area contributed by atoms with Crippen molar-refractivity contribution in [3.05, 3.63) is 48.2 Å². The zero-order valence-corrected chi connectivity index (χ0v) is 13.6. The molecule has 0 aliphatic rings. The van der Waals surface area contributed by atoms with Crippen molar-refractivity contribution >= 4 is 17.6 Å². The van der Waals surface area contributed by atoms with Gasteiger partial charge < -0.3 is 10.6 Å². The van der Waals surface area contributed by atoms with Crippen LogP contribution < -0.4 is 10.6 Å². The van der Waals surface area contributed by atoms with Crippen LogP contribution in [0.5, 0.6) is 0 Å². The summed E-state index contributed by atoms with van der Waals surface area (Å²) in [5.74, 6) is -0.0412. The predicted octanol–water partition coefficient (Wildman–Crippen LogP) is 2.20. The minimum Gasteiger partial charge on any atom is -0.340 e. The third-order valence-corrected chi connectivity index (χ3v) is 3.78. The first-order valence-corrected chi connectivity index (χ1v) is 7.67. The molecule has 0 fully saturated rings. The quantitative estimate of drug-likeness (QED) is 0.858. The number of rotatable bonds is 6. The summed E-state index contributed by atoms with van der Waals surface area (Å²) in [6.07, 6.45) is 2.52. The summed E-state index contributed by atoms with van der Waals surface area (Å²) < 4.78 is 1.61. The SMILES string of the molecule is CCC(C)C(NC(=O)c1ccccc1)C(=O)Nc1ccn(C)n1. The molecule has 0 radical (unpaired) electrons. The van der Waals surface area contributed by atoms with Gasteiger partial charge in [0.25, 0.3) is 5.91 Å². The van der Waals surface area contributed by atoms with Crippen molar-refractivity contribution in [2.24, 2.45) is 13.0 Å². The van der Waals surface area contributed by atoms with Gasteiger partial charge >= 0.3 is 0 Å². The fourth-order valence-electron chi connectivity index (χ4n) is 2.20. The molecule has 2 unspecified atom stereocenters. The van der Waals surface area contributed by atoms with E-state index in [1.165, 1.54) is 0 Å². The van der Waals surface area contributed by atoms with Crippen LogP contribution in [0.2, 0.25) is 0 Å². The summed E-state index contributed by atoms with van der Waals surface area (Å²) in [6, 6.07) is 9.97. The Bertz CT molecular complexity index is 666. The zero-order chi connectivity index (χ0) is 16.8. The van der Waals surface area contributed by atoms with Crippen molar-refractivity contribution in [1.82, 2.24) is 15.1 Å². The van der Waals surface area contributed by atoms with Gasteiger partial charge in [-0.15, -0.1) is 0 Å². The lowest BCUT2D eigenvalue weighted by Crippen LogP contribution is -2.47. The molecule has 2 amide bonds. The molecule has 0 spiro atoms. The number of carbonyl (C=O) groups excluding carboxylic acids is 2. The van der Waals surface area contributed by atoms with Gasteiger partial charge in [0.05, 0.1) is 0 Å². The van der Waals surface area contributed by atoms with E-state index in [0.29, 0.717) is 11.4 Å². The molecule has 1 aromatic carbocycles. The van der Waals surface area contributed by atoms with Gasteiger partial charge in [-0.05, 0) is 18.1 Å². The summed E-state index contributed by atoms with van der Waals surface area (Å²) in [5, 5.41) is 9.70. The maximum Gasteiger partial charge on any atom is 0.251 e. The number of aryl methyl sites for hydroxylation is 1. The third kappa shape index (κ3) is 4.42. The molecule has 0 aliphatic heterocycles. The Morgan fingerprint density at radius 2 is 1.91 bits per heavy atom. The average molecular weight is 314 g/mol. The van der Waals surface area contributed by atoms with E-state index in [-0.39, 0.29) is 17.7 Å². The lowest BCUT2D eigenvalue weighted by molar-refractivity contribution is -0.119. The smallest absolute Gasteiger partial charge is 0.251 e. The maximum absolute atomic E-state index is 12.5. The van der Waals surface area contributed by atoms with Crippen LogP contribution in [-0.2, 0) is 11.8 Å². The summed E-state index contributed by atoms with van der Waals surface area (Å²) in [6.45, 7) is 3.92. The van der Waals surface area contributed by atoms with Gasteiger partial charge in [0.2, 0.25) is 5.91 Å². The Hall–Kier alpha value is -2.63. The number of nitrogens with zero attached hydrogens (tertiary/aromatic N) is 2. The van der Waals surface area contributed by atoms with Gasteiger partial charge in [0, 0.05) is 24.9 Å². The van der Waals surface area contributed by atoms with Crippen molar-refractivity contribution in [1.29, 1.82) is 0 Å². The largest absolute Gasteiger partial charge is 0.340 e. The second-order valence-corrected chi connectivity index (χ2v) is 5.57. The summed E-state index contributed by atoms with van der Waals surface area (Å²) >= 11 is 0. The third-order valence-electron chi connectivity index (χ3n) is 3.78. The molecule has 2 atom stereocenters. The minimum absolute atomic E-state index is 0.00590. The Morgan fingerprint density at radius 3 is 2.48 bits per heavy atom. The van der Waals surface area contributed by atoms with Gasteiger partial charge in [-0.2, -0.15) is 5.10 Å². The number of carbonyl (C=O) groups is 2. The molecule has 0 saturated carbocycles. The van der Waals surface area contributed by atoms with Crippen molar-refractivity contribution in [3.8, 4) is 0 Å². The highest BCUT2D eigenvalue weighted by atomic mass is 16.2. The Labute approximate surface area is 135 Å².